The molecule has 0 bridgehead atoms. The van der Waals surface area contributed by atoms with Crippen LogP contribution in [0.5, 0.6) is 0 Å². The van der Waals surface area contributed by atoms with Gasteiger partial charge in [-0.2, -0.15) is 4.98 Å². The second-order valence-electron chi connectivity index (χ2n) is 2.86. The van der Waals surface area contributed by atoms with Crippen molar-refractivity contribution in [2.75, 3.05) is 13.1 Å². The van der Waals surface area contributed by atoms with E-state index in [0.717, 1.165) is 18.0 Å². The van der Waals surface area contributed by atoms with Gasteiger partial charge in [0.05, 0.1) is 13.1 Å². The average Bonchev–Trinajstić information content (AvgIpc) is 2.55. The number of quaternary nitrogens is 1. The van der Waals surface area contributed by atoms with Crippen LogP contribution in [-0.2, 0) is 0 Å². The van der Waals surface area contributed by atoms with E-state index in [1.54, 1.807) is 6.20 Å². The van der Waals surface area contributed by atoms with Crippen LogP contribution in [0.4, 0.5) is 5.13 Å². The van der Waals surface area contributed by atoms with E-state index in [2.05, 4.69) is 4.98 Å². The number of thiazole rings is 1. The van der Waals surface area contributed by atoms with Gasteiger partial charge in [0, 0.05) is 24.4 Å². The molecule has 2 rings (SSSR count). The Morgan fingerprint density at radius 1 is 1.45 bits per heavy atom. The summed E-state index contributed by atoms with van der Waals surface area (Å²) >= 11 is 1.47. The molecule has 0 saturated carbocycles. The van der Waals surface area contributed by atoms with Crippen molar-refractivity contribution in [3.05, 3.63) is 16.8 Å². The van der Waals surface area contributed by atoms with E-state index in [1.165, 1.54) is 11.3 Å². The van der Waals surface area contributed by atoms with E-state index >= 15 is 0 Å². The number of aromatic nitrogens is 1. The predicted octanol–water partition coefficient (Wildman–Crippen LogP) is 1.74. The van der Waals surface area contributed by atoms with Gasteiger partial charge in [-0.15, -0.1) is 0 Å². The maximum absolute atomic E-state index is 11.9. The summed E-state index contributed by atoms with van der Waals surface area (Å²) in [5.74, 6) is 0. The lowest BCUT2D eigenvalue weighted by Crippen LogP contribution is -2.39. The second-order valence-corrected chi connectivity index (χ2v) is 3.73. The van der Waals surface area contributed by atoms with Crippen molar-refractivity contribution in [2.45, 2.75) is 12.8 Å². The van der Waals surface area contributed by atoms with E-state index < -0.39 is 0 Å². The summed E-state index contributed by atoms with van der Waals surface area (Å²) in [5.41, 5.74) is 0. The third-order valence-electron chi connectivity index (χ3n) is 2.06. The highest BCUT2D eigenvalue weighted by molar-refractivity contribution is 7.13. The number of nitrogens with zero attached hydrogens (tertiary/aromatic N) is 2. The standard InChI is InChI=1S/C7H10N2OS/c10-9(4-1-2-5-9)7-8-3-6-11-7/h3,6H,1-2,4-5H2. The molecule has 2 heterocycles. The highest BCUT2D eigenvalue weighted by Crippen LogP contribution is 2.29. The Hall–Kier alpha value is -0.450. The van der Waals surface area contributed by atoms with Crippen LogP contribution in [0.1, 0.15) is 12.8 Å². The molecule has 1 aromatic rings. The van der Waals surface area contributed by atoms with Gasteiger partial charge in [-0.25, -0.2) is 0 Å². The minimum absolute atomic E-state index is 0.183. The Morgan fingerprint density at radius 2 is 2.18 bits per heavy atom. The monoisotopic (exact) mass is 170 g/mol. The molecule has 1 saturated heterocycles. The van der Waals surface area contributed by atoms with Gasteiger partial charge >= 0.3 is 0 Å². The van der Waals surface area contributed by atoms with Crippen LogP contribution in [0.3, 0.4) is 0 Å². The summed E-state index contributed by atoms with van der Waals surface area (Å²) in [6.07, 6.45) is 3.79. The van der Waals surface area contributed by atoms with Crippen molar-refractivity contribution in [2.24, 2.45) is 0 Å². The smallest absolute Gasteiger partial charge is 0.286 e. The number of hydrogen-bond donors (Lipinski definition) is 0. The first kappa shape index (κ1) is 7.21. The predicted molar refractivity (Wildman–Crippen MR) is 46.2 cm³/mol. The number of hydroxylamine groups is 2. The maximum atomic E-state index is 11.9. The largest absolute Gasteiger partial charge is 0.626 e. The molecule has 60 valence electrons. The maximum Gasteiger partial charge on any atom is 0.286 e. The molecule has 0 aliphatic carbocycles. The molecule has 1 aliphatic rings. The summed E-state index contributed by atoms with van der Waals surface area (Å²) in [5, 5.41) is 14.4. The number of rotatable bonds is 1. The fraction of sp³-hybridized carbons (Fsp3) is 0.571. The zero-order chi connectivity index (χ0) is 7.73. The Balaban J connectivity index is 2.27. The molecule has 0 aromatic carbocycles. The van der Waals surface area contributed by atoms with Gasteiger partial charge in [0.1, 0.15) is 0 Å². The van der Waals surface area contributed by atoms with E-state index in [1.807, 2.05) is 5.38 Å². The fourth-order valence-electron chi connectivity index (χ4n) is 1.45. The van der Waals surface area contributed by atoms with Crippen molar-refractivity contribution < 1.29 is 0 Å². The van der Waals surface area contributed by atoms with Crippen molar-refractivity contribution in [1.82, 2.24) is 9.63 Å². The SMILES string of the molecule is [O-][N+]1(c2nccs2)CCCC1. The lowest BCUT2D eigenvalue weighted by molar-refractivity contribution is 0.453. The summed E-state index contributed by atoms with van der Waals surface area (Å²) in [4.78, 5) is 4.05. The molecule has 0 N–H and O–H groups in total. The topological polar surface area (TPSA) is 36.0 Å². The van der Waals surface area contributed by atoms with E-state index in [0.29, 0.717) is 13.1 Å². The van der Waals surface area contributed by atoms with Gasteiger partial charge < -0.3 is 9.85 Å². The first-order valence-electron chi connectivity index (χ1n) is 3.79. The molecule has 1 aromatic heterocycles. The lowest BCUT2D eigenvalue weighted by Gasteiger charge is -2.34. The minimum atomic E-state index is -0.183. The van der Waals surface area contributed by atoms with Crippen LogP contribution in [-0.4, -0.2) is 18.1 Å². The highest BCUT2D eigenvalue weighted by atomic mass is 32.1. The van der Waals surface area contributed by atoms with Crippen LogP contribution < -0.4 is 4.65 Å². The Labute approximate surface area is 69.5 Å². The van der Waals surface area contributed by atoms with Crippen molar-refractivity contribution in [1.29, 1.82) is 0 Å². The van der Waals surface area contributed by atoms with E-state index in [-0.39, 0.29) is 4.65 Å². The molecule has 0 atom stereocenters. The Morgan fingerprint density at radius 3 is 2.73 bits per heavy atom. The van der Waals surface area contributed by atoms with E-state index in [4.69, 9.17) is 0 Å². The van der Waals surface area contributed by atoms with Gasteiger partial charge in [0.15, 0.2) is 0 Å². The van der Waals surface area contributed by atoms with Crippen molar-refractivity contribution in [3.63, 3.8) is 0 Å². The molecule has 0 spiro atoms. The lowest BCUT2D eigenvalue weighted by atomic mass is 10.4. The van der Waals surface area contributed by atoms with Gasteiger partial charge in [-0.3, -0.25) is 0 Å². The van der Waals surface area contributed by atoms with Gasteiger partial charge in [-0.05, 0) is 0 Å². The quantitative estimate of drug-likeness (QED) is 0.475. The van der Waals surface area contributed by atoms with Gasteiger partial charge in [0.2, 0.25) is 0 Å². The van der Waals surface area contributed by atoms with Crippen LogP contribution in [0.25, 0.3) is 0 Å². The third kappa shape index (κ3) is 1.17. The summed E-state index contributed by atoms with van der Waals surface area (Å²) in [6, 6.07) is 0. The summed E-state index contributed by atoms with van der Waals surface area (Å²) < 4.78 is -0.183. The third-order valence-corrected chi connectivity index (χ3v) is 2.96. The average molecular weight is 170 g/mol. The van der Waals surface area contributed by atoms with Crippen LogP contribution in [0, 0.1) is 5.21 Å². The van der Waals surface area contributed by atoms with Crippen LogP contribution >= 0.6 is 11.3 Å². The first-order chi connectivity index (χ1) is 5.31. The Kier molecular flexibility index (Phi) is 1.67. The fourth-order valence-corrected chi connectivity index (χ4v) is 2.19. The summed E-state index contributed by atoms with van der Waals surface area (Å²) in [7, 11) is 0. The molecule has 1 aliphatic heterocycles. The molecule has 0 radical (unpaired) electrons. The second kappa shape index (κ2) is 2.55. The Bertz CT molecular complexity index is 229. The zero-order valence-electron chi connectivity index (χ0n) is 6.19. The summed E-state index contributed by atoms with van der Waals surface area (Å²) in [6.45, 7) is 1.43. The molecule has 1 fully saturated rings. The normalized spacial score (nSPS) is 22.3. The minimum Gasteiger partial charge on any atom is -0.626 e. The van der Waals surface area contributed by atoms with Crippen LogP contribution in [0.2, 0.25) is 0 Å². The molecule has 4 heteroatoms. The van der Waals surface area contributed by atoms with Crippen molar-refractivity contribution >= 4 is 16.5 Å². The van der Waals surface area contributed by atoms with E-state index in [9.17, 15) is 5.21 Å². The first-order valence-corrected chi connectivity index (χ1v) is 4.67. The van der Waals surface area contributed by atoms with Gasteiger partial charge in [0.25, 0.3) is 5.13 Å². The molecular formula is C7H10N2OS. The molecule has 0 unspecified atom stereocenters. The van der Waals surface area contributed by atoms with Crippen molar-refractivity contribution in [3.8, 4) is 0 Å². The molecule has 11 heavy (non-hydrogen) atoms. The number of hydrogen-bond acceptors (Lipinski definition) is 3. The molecular weight excluding hydrogens is 160 g/mol. The molecule has 3 nitrogen and oxygen atoms in total. The zero-order valence-corrected chi connectivity index (χ0v) is 7.01. The van der Waals surface area contributed by atoms with Crippen LogP contribution in [0.15, 0.2) is 11.6 Å². The highest BCUT2D eigenvalue weighted by Gasteiger charge is 2.27. The van der Waals surface area contributed by atoms with Gasteiger partial charge in [-0.1, -0.05) is 11.3 Å². The molecule has 0 amide bonds.